The highest BCUT2D eigenvalue weighted by Gasteiger charge is 2.17. The average Bonchev–Trinajstić information content (AvgIpc) is 2.89. The highest BCUT2D eigenvalue weighted by molar-refractivity contribution is 7.80. The van der Waals surface area contributed by atoms with E-state index in [2.05, 4.69) is 15.6 Å². The van der Waals surface area contributed by atoms with E-state index in [-0.39, 0.29) is 27.8 Å². The van der Waals surface area contributed by atoms with Gasteiger partial charge in [-0.15, -0.1) is 0 Å². The number of nitro benzene ring substituents is 1. The normalized spacial score (nSPS) is 10.5. The Kier molecular flexibility index (Phi) is 8.19. The van der Waals surface area contributed by atoms with E-state index >= 15 is 0 Å². The van der Waals surface area contributed by atoms with E-state index in [9.17, 15) is 14.9 Å². The van der Waals surface area contributed by atoms with Crippen LogP contribution >= 0.6 is 23.8 Å². The summed E-state index contributed by atoms with van der Waals surface area (Å²) < 4.78 is 16.8. The molecule has 0 radical (unpaired) electrons. The molecule has 1 aromatic heterocycles. The maximum absolute atomic E-state index is 12.4. The number of nitrogens with zero attached hydrogens (tertiary/aromatic N) is 2. The van der Waals surface area contributed by atoms with Crippen LogP contribution in [0.4, 0.5) is 11.4 Å². The van der Waals surface area contributed by atoms with Gasteiger partial charge < -0.3 is 24.8 Å². The van der Waals surface area contributed by atoms with Gasteiger partial charge in [0.2, 0.25) is 5.91 Å². The molecule has 3 aromatic carbocycles. The minimum Gasteiger partial charge on any atom is -0.493 e. The van der Waals surface area contributed by atoms with Crippen LogP contribution < -0.4 is 24.8 Å². The van der Waals surface area contributed by atoms with E-state index in [0.29, 0.717) is 39.6 Å². The number of fused-ring (bicyclic) bond motifs is 1. The molecular formula is C26H21ClN4O6S. The number of pyridine rings is 1. The summed E-state index contributed by atoms with van der Waals surface area (Å²) in [6.07, 6.45) is 1.40. The van der Waals surface area contributed by atoms with Crippen LogP contribution in [0.25, 0.3) is 10.9 Å². The lowest BCUT2D eigenvalue weighted by Gasteiger charge is -2.14. The number of hydrogen-bond donors (Lipinski definition) is 2. The number of hydrogen-bond acceptors (Lipinski definition) is 8. The summed E-state index contributed by atoms with van der Waals surface area (Å²) in [7, 11) is 3.09. The van der Waals surface area contributed by atoms with Gasteiger partial charge in [-0.1, -0.05) is 29.8 Å². The van der Waals surface area contributed by atoms with Crippen molar-refractivity contribution in [2.45, 2.75) is 6.42 Å². The Hall–Kier alpha value is -4.48. The molecule has 0 saturated carbocycles. The number of rotatable bonds is 8. The van der Waals surface area contributed by atoms with Gasteiger partial charge in [0.15, 0.2) is 16.6 Å². The molecule has 0 aliphatic rings. The molecule has 0 atom stereocenters. The van der Waals surface area contributed by atoms with Crippen molar-refractivity contribution >= 4 is 57.1 Å². The second kappa shape index (κ2) is 11.7. The number of nitrogens with one attached hydrogen (secondary N) is 2. The van der Waals surface area contributed by atoms with Crippen LogP contribution in [0, 0.1) is 10.1 Å². The first kappa shape index (κ1) is 26.6. The first-order chi connectivity index (χ1) is 18.3. The molecular weight excluding hydrogens is 532 g/mol. The van der Waals surface area contributed by atoms with E-state index in [1.165, 1.54) is 18.2 Å². The molecule has 0 aliphatic heterocycles. The summed E-state index contributed by atoms with van der Waals surface area (Å²) in [5.74, 6) is 1.46. The second-order valence-electron chi connectivity index (χ2n) is 7.85. The molecule has 1 heterocycles. The summed E-state index contributed by atoms with van der Waals surface area (Å²) >= 11 is 11.7. The summed E-state index contributed by atoms with van der Waals surface area (Å²) in [5, 5.41) is 17.5. The number of ether oxygens (including phenoxy) is 3. The van der Waals surface area contributed by atoms with Crippen LogP contribution in [0.5, 0.6) is 23.0 Å². The van der Waals surface area contributed by atoms with Crippen LogP contribution in [0.2, 0.25) is 5.02 Å². The molecule has 0 fully saturated rings. The standard InChI is InChI=1S/C26H21ClN4O6S/c1-35-23-13-17-19(14-24(23)36-2)28-10-9-21(17)37-22-8-7-16(12-18(22)27)29-26(38)30-25(32)11-15-5-3-4-6-20(15)31(33)34/h3-10,12-14H,11H2,1-2H3,(H2,29,30,32,38). The zero-order valence-electron chi connectivity index (χ0n) is 20.2. The van der Waals surface area contributed by atoms with Crippen molar-refractivity contribution in [2.75, 3.05) is 19.5 Å². The highest BCUT2D eigenvalue weighted by atomic mass is 35.5. The molecule has 0 spiro atoms. The minimum absolute atomic E-state index is 0.0134. The van der Waals surface area contributed by atoms with Crippen LogP contribution in [0.1, 0.15) is 5.56 Å². The molecule has 38 heavy (non-hydrogen) atoms. The number of anilines is 1. The number of amides is 1. The zero-order chi connectivity index (χ0) is 27.2. The molecule has 12 heteroatoms. The van der Waals surface area contributed by atoms with Crippen molar-refractivity contribution in [1.82, 2.24) is 10.3 Å². The first-order valence-corrected chi connectivity index (χ1v) is 11.9. The Morgan fingerprint density at radius 1 is 1.03 bits per heavy atom. The van der Waals surface area contributed by atoms with Crippen molar-refractivity contribution in [3.05, 3.63) is 87.6 Å². The fraction of sp³-hybridized carbons (Fsp3) is 0.115. The van der Waals surface area contributed by atoms with E-state index in [1.54, 1.807) is 62.9 Å². The van der Waals surface area contributed by atoms with Gasteiger partial charge in [0, 0.05) is 35.0 Å². The van der Waals surface area contributed by atoms with Gasteiger partial charge >= 0.3 is 0 Å². The average molecular weight is 553 g/mol. The minimum atomic E-state index is -0.535. The number of benzene rings is 3. The van der Waals surface area contributed by atoms with E-state index < -0.39 is 10.8 Å². The van der Waals surface area contributed by atoms with Crippen LogP contribution in [-0.4, -0.2) is 35.1 Å². The Morgan fingerprint density at radius 2 is 1.76 bits per heavy atom. The molecule has 0 unspecified atom stereocenters. The number of carbonyl (C=O) groups excluding carboxylic acids is 1. The quantitative estimate of drug-likeness (QED) is 0.162. The van der Waals surface area contributed by atoms with Crippen molar-refractivity contribution in [3.8, 4) is 23.0 Å². The van der Waals surface area contributed by atoms with E-state index in [0.717, 1.165) is 0 Å². The van der Waals surface area contributed by atoms with Crippen LogP contribution in [0.3, 0.4) is 0 Å². The van der Waals surface area contributed by atoms with Gasteiger partial charge in [0.25, 0.3) is 5.69 Å². The third-order valence-corrected chi connectivity index (χ3v) is 5.91. The van der Waals surface area contributed by atoms with E-state index in [1.807, 2.05) is 0 Å². The lowest BCUT2D eigenvalue weighted by atomic mass is 10.1. The molecule has 2 N–H and O–H groups in total. The van der Waals surface area contributed by atoms with Crippen LogP contribution in [0.15, 0.2) is 66.9 Å². The SMILES string of the molecule is COc1cc2nccc(Oc3ccc(NC(=S)NC(=O)Cc4ccccc4[N+](=O)[O-])cc3Cl)c2cc1OC. The van der Waals surface area contributed by atoms with Crippen molar-refractivity contribution in [3.63, 3.8) is 0 Å². The monoisotopic (exact) mass is 552 g/mol. The van der Waals surface area contributed by atoms with Gasteiger partial charge in [-0.25, -0.2) is 0 Å². The van der Waals surface area contributed by atoms with Gasteiger partial charge in [-0.3, -0.25) is 19.9 Å². The molecule has 194 valence electrons. The molecule has 1 amide bonds. The summed E-state index contributed by atoms with van der Waals surface area (Å²) in [4.78, 5) is 27.4. The number of methoxy groups -OCH3 is 2. The molecule has 4 rings (SSSR count). The largest absolute Gasteiger partial charge is 0.493 e. The van der Waals surface area contributed by atoms with Gasteiger partial charge in [-0.2, -0.15) is 0 Å². The lowest BCUT2D eigenvalue weighted by molar-refractivity contribution is -0.385. The zero-order valence-corrected chi connectivity index (χ0v) is 21.8. The van der Waals surface area contributed by atoms with Gasteiger partial charge in [-0.05, 0) is 42.5 Å². The van der Waals surface area contributed by atoms with Gasteiger partial charge in [0.05, 0.1) is 36.1 Å². The van der Waals surface area contributed by atoms with Crippen molar-refractivity contribution in [1.29, 1.82) is 0 Å². The third kappa shape index (κ3) is 6.07. The maximum Gasteiger partial charge on any atom is 0.273 e. The second-order valence-corrected chi connectivity index (χ2v) is 8.66. The Morgan fingerprint density at radius 3 is 2.47 bits per heavy atom. The number of carbonyl (C=O) groups is 1. The van der Waals surface area contributed by atoms with Crippen molar-refractivity contribution < 1.29 is 23.9 Å². The Bertz CT molecular complexity index is 1550. The molecule has 0 saturated heterocycles. The predicted molar refractivity (Wildman–Crippen MR) is 148 cm³/mol. The number of para-hydroxylation sites is 1. The molecule has 0 aliphatic carbocycles. The summed E-state index contributed by atoms with van der Waals surface area (Å²) in [6, 6.07) is 16.2. The lowest BCUT2D eigenvalue weighted by Crippen LogP contribution is -2.35. The Labute approximate surface area is 227 Å². The van der Waals surface area contributed by atoms with E-state index in [4.69, 9.17) is 38.0 Å². The first-order valence-electron chi connectivity index (χ1n) is 11.1. The number of nitro groups is 1. The third-order valence-electron chi connectivity index (χ3n) is 5.41. The topological polar surface area (TPSA) is 125 Å². The van der Waals surface area contributed by atoms with Crippen molar-refractivity contribution in [2.24, 2.45) is 0 Å². The van der Waals surface area contributed by atoms with Crippen LogP contribution in [-0.2, 0) is 11.2 Å². The number of aromatic nitrogens is 1. The molecule has 10 nitrogen and oxygen atoms in total. The highest BCUT2D eigenvalue weighted by Crippen LogP contribution is 2.38. The summed E-state index contributed by atoms with van der Waals surface area (Å²) in [6.45, 7) is 0. The Balaban J connectivity index is 1.44. The molecule has 0 bridgehead atoms. The smallest absolute Gasteiger partial charge is 0.273 e. The summed E-state index contributed by atoms with van der Waals surface area (Å²) in [5.41, 5.74) is 1.30. The maximum atomic E-state index is 12.4. The fourth-order valence-electron chi connectivity index (χ4n) is 3.66. The predicted octanol–water partition coefficient (Wildman–Crippen LogP) is 5.66. The number of thiocarbonyl (C=S) groups is 1. The number of halogens is 1. The van der Waals surface area contributed by atoms with Gasteiger partial charge in [0.1, 0.15) is 11.5 Å². The molecule has 4 aromatic rings. The fourth-order valence-corrected chi connectivity index (χ4v) is 4.11.